The van der Waals surface area contributed by atoms with E-state index in [9.17, 15) is 0 Å². The third kappa shape index (κ3) is 2.27. The molecule has 0 aromatic carbocycles. The smallest absolute Gasteiger partial charge is 0.0730 e. The Kier molecular flexibility index (Phi) is 3.46. The average Bonchev–Trinajstić information content (AvgIpc) is 2.82. The molecule has 2 saturated heterocycles. The summed E-state index contributed by atoms with van der Waals surface area (Å²) in [5.74, 6) is 0. The summed E-state index contributed by atoms with van der Waals surface area (Å²) in [5.41, 5.74) is 0. The van der Waals surface area contributed by atoms with Gasteiger partial charge in [0, 0.05) is 25.7 Å². The summed E-state index contributed by atoms with van der Waals surface area (Å²) in [5, 5.41) is 0. The second kappa shape index (κ2) is 5.03. The summed E-state index contributed by atoms with van der Waals surface area (Å²) < 4.78 is 11.6. The van der Waals surface area contributed by atoms with E-state index in [0.29, 0.717) is 18.2 Å². The Bertz CT molecular complexity index is 226. The molecule has 2 aliphatic heterocycles. The van der Waals surface area contributed by atoms with Crippen molar-refractivity contribution < 1.29 is 9.47 Å². The molecule has 3 fully saturated rings. The lowest BCUT2D eigenvalue weighted by Crippen LogP contribution is -2.54. The number of morpholine rings is 1. The van der Waals surface area contributed by atoms with E-state index < -0.39 is 0 Å². The van der Waals surface area contributed by atoms with Gasteiger partial charge in [-0.05, 0) is 25.7 Å². The van der Waals surface area contributed by atoms with Gasteiger partial charge in [0.2, 0.25) is 0 Å². The lowest BCUT2D eigenvalue weighted by Gasteiger charge is -2.44. The highest BCUT2D eigenvalue weighted by atomic mass is 16.5. The first-order valence-corrected chi connectivity index (χ1v) is 6.91. The molecule has 0 aromatic rings. The van der Waals surface area contributed by atoms with Crippen LogP contribution in [0.5, 0.6) is 0 Å². The predicted octanol–water partition coefficient (Wildman–Crippen LogP) is 1.81. The summed E-state index contributed by atoms with van der Waals surface area (Å²) in [6.45, 7) is 4.16. The third-order valence-electron chi connectivity index (χ3n) is 4.31. The normalized spacial score (nSPS) is 40.9. The maximum atomic E-state index is 5.89. The minimum Gasteiger partial charge on any atom is -0.377 e. The summed E-state index contributed by atoms with van der Waals surface area (Å²) in [7, 11) is 0. The molecular formula is C13H23NO2. The molecule has 0 unspecified atom stereocenters. The van der Waals surface area contributed by atoms with E-state index in [0.717, 1.165) is 26.3 Å². The van der Waals surface area contributed by atoms with E-state index in [4.69, 9.17) is 9.47 Å². The minimum absolute atomic E-state index is 0.501. The zero-order chi connectivity index (χ0) is 10.8. The molecule has 0 aromatic heterocycles. The van der Waals surface area contributed by atoms with Gasteiger partial charge >= 0.3 is 0 Å². The van der Waals surface area contributed by atoms with Crippen LogP contribution in [0.25, 0.3) is 0 Å². The van der Waals surface area contributed by atoms with Crippen molar-refractivity contribution in [2.24, 2.45) is 0 Å². The number of fused-ring (bicyclic) bond motifs is 1. The molecule has 0 amide bonds. The van der Waals surface area contributed by atoms with Gasteiger partial charge in [0.05, 0.1) is 18.8 Å². The van der Waals surface area contributed by atoms with Crippen LogP contribution in [0.3, 0.4) is 0 Å². The molecule has 0 radical (unpaired) electrons. The Hall–Kier alpha value is -0.120. The van der Waals surface area contributed by atoms with E-state index >= 15 is 0 Å². The zero-order valence-corrected chi connectivity index (χ0v) is 10.1. The van der Waals surface area contributed by atoms with E-state index in [2.05, 4.69) is 4.90 Å². The van der Waals surface area contributed by atoms with Crippen LogP contribution < -0.4 is 0 Å². The molecule has 3 aliphatic rings. The van der Waals surface area contributed by atoms with Gasteiger partial charge in [-0.15, -0.1) is 0 Å². The van der Waals surface area contributed by atoms with Crippen LogP contribution in [0, 0.1) is 0 Å². The minimum atomic E-state index is 0.501. The molecule has 0 spiro atoms. The Morgan fingerprint density at radius 3 is 2.75 bits per heavy atom. The van der Waals surface area contributed by atoms with Crippen molar-refractivity contribution in [3.63, 3.8) is 0 Å². The summed E-state index contributed by atoms with van der Waals surface area (Å²) in [6, 6.07) is 0.687. The van der Waals surface area contributed by atoms with Crippen LogP contribution in [-0.4, -0.2) is 49.5 Å². The molecule has 0 bridgehead atoms. The highest BCUT2D eigenvalue weighted by Crippen LogP contribution is 2.29. The molecule has 1 saturated carbocycles. The third-order valence-corrected chi connectivity index (χ3v) is 4.31. The molecule has 2 heterocycles. The number of hydrogen-bond acceptors (Lipinski definition) is 3. The van der Waals surface area contributed by atoms with Crippen molar-refractivity contribution in [3.8, 4) is 0 Å². The largest absolute Gasteiger partial charge is 0.377 e. The van der Waals surface area contributed by atoms with Crippen LogP contribution in [-0.2, 0) is 9.47 Å². The van der Waals surface area contributed by atoms with E-state index in [-0.39, 0.29) is 0 Å². The van der Waals surface area contributed by atoms with Gasteiger partial charge in [-0.25, -0.2) is 0 Å². The molecule has 1 aliphatic carbocycles. The maximum Gasteiger partial charge on any atom is 0.0730 e. The van der Waals surface area contributed by atoms with Crippen molar-refractivity contribution in [2.45, 2.75) is 56.8 Å². The fourth-order valence-electron chi connectivity index (χ4n) is 3.45. The number of ether oxygens (including phenoxy) is 2. The Morgan fingerprint density at radius 1 is 0.938 bits per heavy atom. The van der Waals surface area contributed by atoms with Crippen LogP contribution in [0.15, 0.2) is 0 Å². The van der Waals surface area contributed by atoms with E-state index in [1.165, 1.54) is 38.5 Å². The van der Waals surface area contributed by atoms with Gasteiger partial charge in [-0.2, -0.15) is 0 Å². The summed E-state index contributed by atoms with van der Waals surface area (Å²) in [4.78, 5) is 2.64. The van der Waals surface area contributed by atoms with Gasteiger partial charge in [0.25, 0.3) is 0 Å². The highest BCUT2D eigenvalue weighted by Gasteiger charge is 2.35. The van der Waals surface area contributed by atoms with Crippen LogP contribution in [0.1, 0.15) is 38.5 Å². The molecule has 16 heavy (non-hydrogen) atoms. The number of hydrogen-bond donors (Lipinski definition) is 0. The predicted molar refractivity (Wildman–Crippen MR) is 62.5 cm³/mol. The van der Waals surface area contributed by atoms with Crippen molar-refractivity contribution in [1.29, 1.82) is 0 Å². The first kappa shape index (κ1) is 11.0. The Morgan fingerprint density at radius 2 is 1.88 bits per heavy atom. The van der Waals surface area contributed by atoms with Crippen LogP contribution in [0.4, 0.5) is 0 Å². The molecule has 3 nitrogen and oxygen atoms in total. The number of nitrogens with zero attached hydrogens (tertiary/aromatic N) is 1. The first-order valence-electron chi connectivity index (χ1n) is 6.91. The van der Waals surface area contributed by atoms with Crippen molar-refractivity contribution in [2.75, 3.05) is 26.3 Å². The fraction of sp³-hybridized carbons (Fsp3) is 1.00. The maximum absolute atomic E-state index is 5.89. The molecule has 92 valence electrons. The molecule has 3 atom stereocenters. The summed E-state index contributed by atoms with van der Waals surface area (Å²) in [6.07, 6.45) is 8.87. The summed E-state index contributed by atoms with van der Waals surface area (Å²) >= 11 is 0. The monoisotopic (exact) mass is 225 g/mol. The SMILES string of the molecule is C1CO[C@H](CN2CCO[C@H]3CCCC[C@H]32)C1. The van der Waals surface area contributed by atoms with Gasteiger partial charge in [0.15, 0.2) is 0 Å². The Balaban J connectivity index is 1.59. The molecule has 3 heteroatoms. The van der Waals surface area contributed by atoms with Gasteiger partial charge in [-0.1, -0.05) is 12.8 Å². The van der Waals surface area contributed by atoms with Crippen molar-refractivity contribution >= 4 is 0 Å². The standard InChI is InChI=1S/C13H23NO2/c1-2-6-13-12(5-1)14(7-9-16-13)10-11-4-3-8-15-11/h11-13H,1-10H2/t11-,12+,13-/m0/s1. The lowest BCUT2D eigenvalue weighted by molar-refractivity contribution is -0.0983. The molecule has 0 N–H and O–H groups in total. The molecular weight excluding hydrogens is 202 g/mol. The average molecular weight is 225 g/mol. The van der Waals surface area contributed by atoms with Crippen LogP contribution >= 0.6 is 0 Å². The fourth-order valence-corrected chi connectivity index (χ4v) is 3.45. The second-order valence-corrected chi connectivity index (χ2v) is 5.39. The van der Waals surface area contributed by atoms with Gasteiger partial charge in [0.1, 0.15) is 0 Å². The quantitative estimate of drug-likeness (QED) is 0.715. The first-order chi connectivity index (χ1) is 7.93. The van der Waals surface area contributed by atoms with Gasteiger partial charge in [-0.3, -0.25) is 4.90 Å². The zero-order valence-electron chi connectivity index (χ0n) is 10.1. The van der Waals surface area contributed by atoms with Crippen molar-refractivity contribution in [3.05, 3.63) is 0 Å². The lowest BCUT2D eigenvalue weighted by atomic mass is 9.90. The number of rotatable bonds is 2. The second-order valence-electron chi connectivity index (χ2n) is 5.39. The van der Waals surface area contributed by atoms with Crippen LogP contribution in [0.2, 0.25) is 0 Å². The van der Waals surface area contributed by atoms with E-state index in [1.807, 2.05) is 0 Å². The molecule has 3 rings (SSSR count). The van der Waals surface area contributed by atoms with Crippen molar-refractivity contribution in [1.82, 2.24) is 4.90 Å². The van der Waals surface area contributed by atoms with Gasteiger partial charge < -0.3 is 9.47 Å². The topological polar surface area (TPSA) is 21.7 Å². The Labute approximate surface area is 98.1 Å². The highest BCUT2D eigenvalue weighted by molar-refractivity contribution is 4.88. The van der Waals surface area contributed by atoms with E-state index in [1.54, 1.807) is 0 Å².